The van der Waals surface area contributed by atoms with Crippen LogP contribution < -0.4 is 5.32 Å². The fraction of sp³-hybridized carbons (Fsp3) is 0.0833. The van der Waals surface area contributed by atoms with Gasteiger partial charge in [-0.05, 0) is 30.7 Å². The Morgan fingerprint density at radius 3 is 2.50 bits per heavy atom. The van der Waals surface area contributed by atoms with Crippen LogP contribution in [0, 0.1) is 12.7 Å². The van der Waals surface area contributed by atoms with Crippen molar-refractivity contribution in [3.63, 3.8) is 0 Å². The van der Waals surface area contributed by atoms with Crippen LogP contribution in [0.3, 0.4) is 0 Å². The lowest BCUT2D eigenvalue weighted by atomic mass is 10.2. The van der Waals surface area contributed by atoms with Crippen LogP contribution in [-0.2, 0) is 0 Å². The number of nitrogens with zero attached hydrogens (tertiary/aromatic N) is 1. The van der Waals surface area contributed by atoms with Gasteiger partial charge < -0.3 is 5.32 Å². The molecule has 0 radical (unpaired) electrons. The first-order chi connectivity index (χ1) is 8.47. The first kappa shape index (κ1) is 13.4. The van der Waals surface area contributed by atoms with Crippen LogP contribution in [0.15, 0.2) is 24.3 Å². The number of nitrogens with one attached hydrogen (secondary N) is 1. The van der Waals surface area contributed by atoms with Crippen molar-refractivity contribution in [2.24, 2.45) is 0 Å². The van der Waals surface area contributed by atoms with Gasteiger partial charge in [-0.2, -0.15) is 0 Å². The molecule has 0 saturated carbocycles. The molecule has 0 unspecified atom stereocenters. The van der Waals surface area contributed by atoms with Gasteiger partial charge in [0.2, 0.25) is 0 Å². The van der Waals surface area contributed by atoms with Crippen LogP contribution in [0.5, 0.6) is 0 Å². The van der Waals surface area contributed by atoms with Crippen LogP contribution in [0.25, 0.3) is 0 Å². The number of benzene rings is 1. The summed E-state index contributed by atoms with van der Waals surface area (Å²) in [6, 6.07) is 6.21. The van der Waals surface area contributed by atoms with E-state index >= 15 is 0 Å². The Kier molecular flexibility index (Phi) is 3.95. The van der Waals surface area contributed by atoms with Crippen molar-refractivity contribution < 1.29 is 4.39 Å². The summed E-state index contributed by atoms with van der Waals surface area (Å²) in [7, 11) is 0. The zero-order valence-electron chi connectivity index (χ0n) is 9.27. The average Bonchev–Trinajstić information content (AvgIpc) is 2.31. The lowest BCUT2D eigenvalue weighted by Gasteiger charge is -2.09. The number of hydrogen-bond acceptors (Lipinski definition) is 2. The molecule has 0 aliphatic carbocycles. The molecule has 0 aliphatic heterocycles. The van der Waals surface area contributed by atoms with E-state index in [-0.39, 0.29) is 16.0 Å². The number of aromatic nitrogens is 1. The Morgan fingerprint density at radius 2 is 1.83 bits per heavy atom. The van der Waals surface area contributed by atoms with Gasteiger partial charge in [0.25, 0.3) is 0 Å². The van der Waals surface area contributed by atoms with E-state index in [0.29, 0.717) is 22.1 Å². The van der Waals surface area contributed by atoms with E-state index < -0.39 is 0 Å². The molecule has 94 valence electrons. The lowest BCUT2D eigenvalue weighted by molar-refractivity contribution is 0.619. The first-order valence-corrected chi connectivity index (χ1v) is 6.15. The molecule has 1 heterocycles. The molecule has 0 saturated heterocycles. The minimum Gasteiger partial charge on any atom is -0.339 e. The van der Waals surface area contributed by atoms with E-state index in [1.54, 1.807) is 19.1 Å². The summed E-state index contributed by atoms with van der Waals surface area (Å²) in [5.41, 5.74) is 1.10. The molecule has 1 aromatic carbocycles. The highest BCUT2D eigenvalue weighted by Crippen LogP contribution is 2.30. The maximum Gasteiger partial charge on any atom is 0.151 e. The molecule has 18 heavy (non-hydrogen) atoms. The third kappa shape index (κ3) is 2.86. The first-order valence-electron chi connectivity index (χ1n) is 5.02. The van der Waals surface area contributed by atoms with Crippen LogP contribution >= 0.6 is 34.8 Å². The van der Waals surface area contributed by atoms with E-state index in [9.17, 15) is 4.39 Å². The summed E-state index contributed by atoms with van der Waals surface area (Å²) in [6.45, 7) is 1.68. The van der Waals surface area contributed by atoms with Gasteiger partial charge in [-0.15, -0.1) is 0 Å². The van der Waals surface area contributed by atoms with Crippen molar-refractivity contribution in [3.8, 4) is 0 Å². The van der Waals surface area contributed by atoms with Gasteiger partial charge in [0.05, 0.1) is 10.0 Å². The highest BCUT2D eigenvalue weighted by Gasteiger charge is 2.08. The number of hydrogen-bond donors (Lipinski definition) is 1. The monoisotopic (exact) mass is 304 g/mol. The second-order valence-corrected chi connectivity index (χ2v) is 4.85. The van der Waals surface area contributed by atoms with Gasteiger partial charge in [0, 0.05) is 5.69 Å². The molecule has 6 heteroatoms. The van der Waals surface area contributed by atoms with E-state index in [1.807, 2.05) is 0 Å². The minimum atomic E-state index is -0.309. The SMILES string of the molecule is Cc1ccc(Nc2nc(Cl)c(Cl)cc2Cl)cc1F. The predicted octanol–water partition coefficient (Wildman–Crippen LogP) is 5.23. The minimum absolute atomic E-state index is 0.135. The fourth-order valence-corrected chi connectivity index (χ4v) is 1.88. The number of halogens is 4. The Labute approximate surface area is 119 Å². The highest BCUT2D eigenvalue weighted by molar-refractivity contribution is 6.43. The van der Waals surface area contributed by atoms with Gasteiger partial charge in [0.1, 0.15) is 11.0 Å². The average molecular weight is 306 g/mol. The zero-order valence-corrected chi connectivity index (χ0v) is 11.5. The van der Waals surface area contributed by atoms with Gasteiger partial charge in [0.15, 0.2) is 5.82 Å². The van der Waals surface area contributed by atoms with E-state index in [1.165, 1.54) is 12.1 Å². The molecule has 0 amide bonds. The summed E-state index contributed by atoms with van der Waals surface area (Å²) >= 11 is 17.5. The lowest BCUT2D eigenvalue weighted by Crippen LogP contribution is -1.96. The van der Waals surface area contributed by atoms with E-state index in [4.69, 9.17) is 34.8 Å². The Morgan fingerprint density at radius 1 is 1.11 bits per heavy atom. The number of pyridine rings is 1. The molecule has 0 spiro atoms. The summed E-state index contributed by atoms with van der Waals surface area (Å²) in [5.74, 6) is 0.0190. The molecule has 0 bridgehead atoms. The van der Waals surface area contributed by atoms with Crippen LogP contribution in [0.1, 0.15) is 5.56 Å². The molecule has 0 fully saturated rings. The normalized spacial score (nSPS) is 10.5. The number of aryl methyl sites for hydroxylation is 1. The molecule has 1 N–H and O–H groups in total. The summed E-state index contributed by atoms with van der Waals surface area (Å²) in [5, 5.41) is 3.59. The Balaban J connectivity index is 2.34. The molecule has 2 aromatic rings. The van der Waals surface area contributed by atoms with Crippen molar-refractivity contribution in [2.45, 2.75) is 6.92 Å². The maximum absolute atomic E-state index is 13.4. The quantitative estimate of drug-likeness (QED) is 0.768. The van der Waals surface area contributed by atoms with Gasteiger partial charge in [-0.1, -0.05) is 40.9 Å². The van der Waals surface area contributed by atoms with Gasteiger partial charge in [-0.25, -0.2) is 9.37 Å². The third-order valence-electron chi connectivity index (χ3n) is 2.32. The smallest absolute Gasteiger partial charge is 0.151 e. The second-order valence-electron chi connectivity index (χ2n) is 3.68. The van der Waals surface area contributed by atoms with Crippen molar-refractivity contribution in [3.05, 3.63) is 50.8 Å². The zero-order chi connectivity index (χ0) is 13.3. The van der Waals surface area contributed by atoms with E-state index in [2.05, 4.69) is 10.3 Å². The molecule has 2 rings (SSSR count). The number of rotatable bonds is 2. The largest absolute Gasteiger partial charge is 0.339 e. The third-order valence-corrected chi connectivity index (χ3v) is 3.28. The summed E-state index contributed by atoms with van der Waals surface area (Å²) in [6.07, 6.45) is 0. The molecule has 0 atom stereocenters. The molecule has 1 aromatic heterocycles. The Bertz CT molecular complexity index is 602. The van der Waals surface area contributed by atoms with Crippen molar-refractivity contribution in [2.75, 3.05) is 5.32 Å². The molecule has 2 nitrogen and oxygen atoms in total. The van der Waals surface area contributed by atoms with Crippen LogP contribution in [0.4, 0.5) is 15.9 Å². The van der Waals surface area contributed by atoms with Crippen LogP contribution in [0.2, 0.25) is 15.2 Å². The van der Waals surface area contributed by atoms with Crippen molar-refractivity contribution >= 4 is 46.3 Å². The van der Waals surface area contributed by atoms with Crippen LogP contribution in [-0.4, -0.2) is 4.98 Å². The Hall–Kier alpha value is -1.03. The summed E-state index contributed by atoms with van der Waals surface area (Å²) in [4.78, 5) is 3.99. The van der Waals surface area contributed by atoms with Gasteiger partial charge in [-0.3, -0.25) is 0 Å². The molecular weight excluding hydrogens is 298 g/mol. The second kappa shape index (κ2) is 5.31. The highest BCUT2D eigenvalue weighted by atomic mass is 35.5. The van der Waals surface area contributed by atoms with Crippen molar-refractivity contribution in [1.29, 1.82) is 0 Å². The molecular formula is C12H8Cl3FN2. The topological polar surface area (TPSA) is 24.9 Å². The van der Waals surface area contributed by atoms with Crippen molar-refractivity contribution in [1.82, 2.24) is 4.98 Å². The standard InChI is InChI=1S/C12H8Cl3FN2/c1-6-2-3-7(4-10(6)16)17-12-9(14)5-8(13)11(15)18-12/h2-5H,1H3,(H,17,18). The number of anilines is 2. The fourth-order valence-electron chi connectivity index (χ4n) is 1.34. The van der Waals surface area contributed by atoms with Gasteiger partial charge >= 0.3 is 0 Å². The maximum atomic E-state index is 13.4. The molecule has 0 aliphatic rings. The summed E-state index contributed by atoms with van der Waals surface area (Å²) < 4.78 is 13.4. The van der Waals surface area contributed by atoms with E-state index in [0.717, 1.165) is 0 Å². The predicted molar refractivity (Wildman–Crippen MR) is 73.7 cm³/mol.